The molecule has 2 aliphatic heterocycles. The van der Waals surface area contributed by atoms with Crippen LogP contribution in [0.4, 0.5) is 34.1 Å². The Bertz CT molecular complexity index is 7840. The third-order valence-electron chi connectivity index (χ3n) is 24.4. The molecular weight excluding hydrogens is 1450 g/mol. The van der Waals surface area contributed by atoms with E-state index < -0.39 is 184 Å². The van der Waals surface area contributed by atoms with Gasteiger partial charge in [0.1, 0.15) is 11.2 Å². The van der Waals surface area contributed by atoms with Gasteiger partial charge in [0.05, 0.1) is 63.6 Å². The molecule has 3 aromatic heterocycles. The maximum atomic E-state index is 12.2. The molecule has 15 aromatic carbocycles. The fourth-order valence-electron chi connectivity index (χ4n) is 17.7. The maximum absolute atomic E-state index is 12.2. The summed E-state index contributed by atoms with van der Waals surface area (Å²) in [6.45, 7) is 36.5. The number of fused-ring (bicyclic) bond motifs is 13. The van der Waals surface area contributed by atoms with Crippen molar-refractivity contribution in [2.45, 2.75) is 157 Å². The summed E-state index contributed by atoms with van der Waals surface area (Å²) in [5.41, 5.74) is 7.91. The first-order valence-corrected chi connectivity index (χ1v) is 41.3. The van der Waals surface area contributed by atoms with Crippen molar-refractivity contribution in [1.29, 1.82) is 0 Å². The molecule has 590 valence electrons. The van der Waals surface area contributed by atoms with Crippen LogP contribution in [0.25, 0.3) is 133 Å². The maximum Gasteiger partial charge on any atom is 0.252 e. The quantitative estimate of drug-likeness (QED) is 0.135. The van der Waals surface area contributed by atoms with Gasteiger partial charge < -0.3 is 23.4 Å². The van der Waals surface area contributed by atoms with Crippen LogP contribution in [-0.4, -0.2) is 15.8 Å². The zero-order valence-electron chi connectivity index (χ0n) is 93.0. The number of rotatable bonds is 9. The largest absolute Gasteiger partial charge is 0.456 e. The highest BCUT2D eigenvalue weighted by Gasteiger charge is 2.47. The Morgan fingerprint density at radius 3 is 0.908 bits per heavy atom. The Kier molecular flexibility index (Phi) is 12.6. The second-order valence-corrected chi connectivity index (χ2v) is 38.5. The Morgan fingerprint density at radius 2 is 0.575 bits per heavy atom. The van der Waals surface area contributed by atoms with Gasteiger partial charge in [0, 0.05) is 88.7 Å². The van der Waals surface area contributed by atoms with Crippen LogP contribution in [0.15, 0.2) is 313 Å². The summed E-state index contributed by atoms with van der Waals surface area (Å²) in [5.74, 6) is 0. The number of benzene rings is 15. The topological polar surface area (TPSA) is 29.5 Å². The van der Waals surface area contributed by atoms with Crippen molar-refractivity contribution in [3.05, 3.63) is 342 Å². The Morgan fingerprint density at radius 1 is 0.267 bits per heavy atom. The first-order chi connectivity index (χ1) is 66.5. The molecule has 0 saturated heterocycles. The zero-order valence-corrected chi connectivity index (χ0v) is 71.0. The molecule has 0 N–H and O–H groups in total. The van der Waals surface area contributed by atoms with Crippen LogP contribution < -0.4 is 26.2 Å². The van der Waals surface area contributed by atoms with Crippen LogP contribution in [0.5, 0.6) is 0 Å². The molecular formula is C114H105BN4O. The number of hydrogen-bond acceptors (Lipinski definition) is 3. The van der Waals surface area contributed by atoms with Gasteiger partial charge in [0.2, 0.25) is 0 Å². The Hall–Kier alpha value is -12.6. The molecule has 5 heterocycles. The van der Waals surface area contributed by atoms with Gasteiger partial charge in [0.15, 0.2) is 0 Å². The highest BCUT2D eigenvalue weighted by atomic mass is 16.3. The van der Waals surface area contributed by atoms with E-state index in [1.165, 1.54) is 0 Å². The van der Waals surface area contributed by atoms with Gasteiger partial charge in [-0.3, -0.25) is 0 Å². The van der Waals surface area contributed by atoms with Crippen LogP contribution in [0.1, 0.15) is 188 Å². The van der Waals surface area contributed by atoms with Crippen LogP contribution in [0, 0.1) is 0 Å². The lowest BCUT2D eigenvalue weighted by molar-refractivity contribution is 0.589. The SMILES string of the molecule is [2H]c1c([2H])c(-n2c3c([2H])c([2H])c([2H])c([2H])c3c3c([2H])c([2H])c([2H])c([2H])c32)c([2H])c2c1B1c3c(cc(-c4ccc5oc6ccccc6c5c4)cc3N(c3c(-c4ccc(C(C)(C)C)cc4)cc(C(C)(C)C)cc3-c3ccc(C(C)(C)C)cc3)c3c([2H])c(-n4c5c([2H])c([2H])c([2H])c([2H])c5c5c([2H])c([2H])c([2H])c([2H])c54)c([2H])c([2H])c31)N2c1c(-c2ccc(C(C)(C)C)cc2)cc(C(C)(C)C)cc1-c1ccc(C(C)(C)C)cc1. The summed E-state index contributed by atoms with van der Waals surface area (Å²) < 4.78 is 235. The van der Waals surface area contributed by atoms with Crippen molar-refractivity contribution in [2.24, 2.45) is 0 Å². The van der Waals surface area contributed by atoms with E-state index in [1.54, 1.807) is 0 Å². The van der Waals surface area contributed by atoms with Crippen molar-refractivity contribution in [1.82, 2.24) is 9.13 Å². The molecule has 5 nitrogen and oxygen atoms in total. The summed E-state index contributed by atoms with van der Waals surface area (Å²) in [4.78, 5) is 3.86. The van der Waals surface area contributed by atoms with E-state index in [2.05, 4.69) is 246 Å². The molecule has 0 fully saturated rings. The predicted molar refractivity (Wildman–Crippen MR) is 516 cm³/mol. The summed E-state index contributed by atoms with van der Waals surface area (Å²) in [7, 11) is 0. The standard InChI is InChI=1S/C114H105BN4O/c1-109(2,3)76-48-39-70(40-49-76)89-64-80(113(13,14)15)65-90(71-41-50-77(51-42-71)110(4,5)6)107(89)118-100-68-82(116-96-34-24-19-29-84(96)85-30-20-25-35-97(85)116)56-58-94(100)115-95-59-57-83(117-98-36-26-21-31-86(98)87-32-22-27-37-99(87)117)69-101(95)119(103-63-75(62-102(118)106(103)115)74-47-60-105-93(61-74)88-33-23-28-38-104(88)120-105)108-91(72-43-52-78(53-44-72)111(7,8)9)66-81(114(16,17)18)67-92(108)73-45-54-79(55-46-73)112(10,11)12/h19-69H,1-18H3/i19D,20D,21D,22D,24D,25D,26D,27D,29D,30D,31D,32D,34D,35D,36D,37D,56D,57D,58D,59D,68D,69D. The smallest absolute Gasteiger partial charge is 0.252 e. The highest BCUT2D eigenvalue weighted by Crippen LogP contribution is 2.57. The molecule has 0 radical (unpaired) electrons. The molecule has 120 heavy (non-hydrogen) atoms. The summed E-state index contributed by atoms with van der Waals surface area (Å²) in [6.07, 6.45) is 0. The highest BCUT2D eigenvalue weighted by molar-refractivity contribution is 7.00. The minimum absolute atomic E-state index is 0.181. The Balaban J connectivity index is 1.09. The molecule has 6 heteroatoms. The van der Waals surface area contributed by atoms with Gasteiger partial charge >= 0.3 is 0 Å². The van der Waals surface area contributed by atoms with Crippen molar-refractivity contribution >= 4 is 123 Å². The van der Waals surface area contributed by atoms with Crippen LogP contribution in [-0.2, 0) is 32.5 Å². The number of furan rings is 1. The molecule has 20 rings (SSSR count). The molecule has 2 aliphatic rings. The van der Waals surface area contributed by atoms with Crippen molar-refractivity contribution < 1.29 is 34.6 Å². The number of anilines is 6. The fraction of sp³-hybridized carbons (Fsp3) is 0.211. The average molecular weight is 1580 g/mol. The fourth-order valence-corrected chi connectivity index (χ4v) is 17.7. The second-order valence-electron chi connectivity index (χ2n) is 38.5. The van der Waals surface area contributed by atoms with Crippen LogP contribution in [0.3, 0.4) is 0 Å². The molecule has 0 amide bonds. The lowest BCUT2D eigenvalue weighted by Crippen LogP contribution is -2.61. The van der Waals surface area contributed by atoms with Gasteiger partial charge in [0.25, 0.3) is 6.71 Å². The molecule has 0 bridgehead atoms. The predicted octanol–water partition coefficient (Wildman–Crippen LogP) is 30.0. The lowest BCUT2D eigenvalue weighted by atomic mass is 9.33. The normalized spacial score (nSPS) is 15.9. The van der Waals surface area contributed by atoms with Gasteiger partial charge in [-0.25, -0.2) is 0 Å². The lowest BCUT2D eigenvalue weighted by Gasteiger charge is -2.46. The molecule has 18 aromatic rings. The van der Waals surface area contributed by atoms with E-state index in [0.29, 0.717) is 83.6 Å². The van der Waals surface area contributed by atoms with Crippen molar-refractivity contribution in [2.75, 3.05) is 9.80 Å². The first-order valence-electron chi connectivity index (χ1n) is 52.3. The van der Waals surface area contributed by atoms with Crippen molar-refractivity contribution in [3.8, 4) is 67.0 Å². The number of nitrogens with zero attached hydrogens (tertiary/aromatic N) is 4. The Labute approximate surface area is 739 Å². The molecule has 0 atom stereocenters. The third-order valence-corrected chi connectivity index (χ3v) is 24.4. The van der Waals surface area contributed by atoms with E-state index in [1.807, 2.05) is 64.4 Å². The molecule has 0 aliphatic carbocycles. The van der Waals surface area contributed by atoms with E-state index in [4.69, 9.17) is 4.42 Å². The number of hydrogen-bond donors (Lipinski definition) is 0. The van der Waals surface area contributed by atoms with Gasteiger partial charge in [-0.05, 0) is 219 Å². The number of para-hydroxylation sites is 5. The van der Waals surface area contributed by atoms with E-state index in [-0.39, 0.29) is 82.3 Å². The van der Waals surface area contributed by atoms with Gasteiger partial charge in [-0.1, -0.05) is 331 Å². The first kappa shape index (κ1) is 55.2. The van der Waals surface area contributed by atoms with Gasteiger partial charge in [-0.15, -0.1) is 0 Å². The second kappa shape index (κ2) is 27.5. The van der Waals surface area contributed by atoms with Crippen molar-refractivity contribution in [3.63, 3.8) is 0 Å². The summed E-state index contributed by atoms with van der Waals surface area (Å²) in [5, 5.41) is 0.0270. The molecule has 0 unspecified atom stereocenters. The monoisotopic (exact) mass is 1580 g/mol. The minimum atomic E-state index is -1.74. The summed E-state index contributed by atoms with van der Waals surface area (Å²) >= 11 is 0. The summed E-state index contributed by atoms with van der Waals surface area (Å²) in [6, 6.07) is 43.0. The van der Waals surface area contributed by atoms with E-state index >= 15 is 0 Å². The minimum Gasteiger partial charge on any atom is -0.456 e. The molecule has 0 saturated carbocycles. The zero-order chi connectivity index (χ0) is 102. The third kappa shape index (κ3) is 12.6. The van der Waals surface area contributed by atoms with Gasteiger partial charge in [-0.2, -0.15) is 0 Å². The van der Waals surface area contributed by atoms with Crippen LogP contribution in [0.2, 0.25) is 0 Å². The van der Waals surface area contributed by atoms with Crippen LogP contribution >= 0.6 is 0 Å². The van der Waals surface area contributed by atoms with E-state index in [0.717, 1.165) is 47.9 Å². The molecule has 0 spiro atoms. The average Bonchev–Trinajstić information content (AvgIpc) is 0.901. The number of aromatic nitrogens is 2. The van der Waals surface area contributed by atoms with E-state index in [9.17, 15) is 30.2 Å².